The van der Waals surface area contributed by atoms with Gasteiger partial charge in [-0.15, -0.1) is 0 Å². The van der Waals surface area contributed by atoms with Gasteiger partial charge in [0.25, 0.3) is 0 Å². The predicted octanol–water partition coefficient (Wildman–Crippen LogP) is 3.21. The standard InChI is InChI=1S/C19H24N2O3/c1-12-11-23-19(16-8-6-5-7-9-16)14(3)21(12)18(22)10-17-13(2)20-24-15(17)4/h5-9,12,14,19H,10-11H2,1-4H3/t12-,14-,19+/m1/s1. The van der Waals surface area contributed by atoms with Crippen LogP contribution in [0.5, 0.6) is 0 Å². The molecule has 128 valence electrons. The largest absolute Gasteiger partial charge is 0.369 e. The van der Waals surface area contributed by atoms with Gasteiger partial charge in [-0.05, 0) is 33.3 Å². The molecule has 0 N–H and O–H groups in total. The Balaban J connectivity index is 1.81. The van der Waals surface area contributed by atoms with Crippen LogP contribution in [0.25, 0.3) is 0 Å². The second kappa shape index (κ2) is 6.77. The molecule has 0 radical (unpaired) electrons. The molecular weight excluding hydrogens is 304 g/mol. The van der Waals surface area contributed by atoms with Crippen molar-refractivity contribution in [1.82, 2.24) is 10.1 Å². The van der Waals surface area contributed by atoms with Crippen LogP contribution in [0.1, 0.15) is 42.5 Å². The van der Waals surface area contributed by atoms with E-state index in [9.17, 15) is 4.79 Å². The number of rotatable bonds is 3. The van der Waals surface area contributed by atoms with Gasteiger partial charge in [-0.25, -0.2) is 0 Å². The Morgan fingerprint density at radius 3 is 2.58 bits per heavy atom. The third kappa shape index (κ3) is 3.08. The highest BCUT2D eigenvalue weighted by Crippen LogP contribution is 2.31. The van der Waals surface area contributed by atoms with Crippen molar-refractivity contribution in [3.63, 3.8) is 0 Å². The summed E-state index contributed by atoms with van der Waals surface area (Å²) in [7, 11) is 0. The smallest absolute Gasteiger partial charge is 0.227 e. The molecule has 3 atom stereocenters. The highest BCUT2D eigenvalue weighted by Gasteiger charge is 2.37. The first-order chi connectivity index (χ1) is 11.5. The molecule has 5 nitrogen and oxygen atoms in total. The fourth-order valence-electron chi connectivity index (χ4n) is 3.50. The lowest BCUT2D eigenvalue weighted by Crippen LogP contribution is -2.54. The van der Waals surface area contributed by atoms with E-state index in [2.05, 4.69) is 12.1 Å². The lowest BCUT2D eigenvalue weighted by atomic mass is 9.97. The molecule has 0 unspecified atom stereocenters. The van der Waals surface area contributed by atoms with Crippen molar-refractivity contribution in [1.29, 1.82) is 0 Å². The average Bonchev–Trinajstić information content (AvgIpc) is 2.88. The lowest BCUT2D eigenvalue weighted by molar-refractivity contribution is -0.152. The van der Waals surface area contributed by atoms with Gasteiger partial charge in [-0.2, -0.15) is 0 Å². The van der Waals surface area contributed by atoms with Crippen molar-refractivity contribution in [3.8, 4) is 0 Å². The van der Waals surface area contributed by atoms with Crippen LogP contribution < -0.4 is 0 Å². The summed E-state index contributed by atoms with van der Waals surface area (Å²) in [5.74, 6) is 0.808. The van der Waals surface area contributed by atoms with Gasteiger partial charge in [0.1, 0.15) is 11.9 Å². The van der Waals surface area contributed by atoms with E-state index < -0.39 is 0 Å². The molecule has 1 amide bonds. The molecule has 0 saturated carbocycles. The van der Waals surface area contributed by atoms with Crippen LogP contribution in [-0.2, 0) is 16.0 Å². The number of carbonyl (C=O) groups is 1. The molecular formula is C19H24N2O3. The Labute approximate surface area is 142 Å². The van der Waals surface area contributed by atoms with E-state index in [0.29, 0.717) is 18.8 Å². The Morgan fingerprint density at radius 1 is 1.25 bits per heavy atom. The molecule has 1 aromatic heterocycles. The molecule has 2 heterocycles. The first kappa shape index (κ1) is 16.7. The van der Waals surface area contributed by atoms with Crippen LogP contribution in [0.2, 0.25) is 0 Å². The third-order valence-electron chi connectivity index (χ3n) is 4.79. The van der Waals surface area contributed by atoms with Gasteiger partial charge in [0, 0.05) is 5.56 Å². The molecule has 0 spiro atoms. The zero-order chi connectivity index (χ0) is 17.3. The van der Waals surface area contributed by atoms with E-state index in [1.807, 2.05) is 56.0 Å². The average molecular weight is 328 g/mol. The number of hydrogen-bond acceptors (Lipinski definition) is 4. The van der Waals surface area contributed by atoms with Gasteiger partial charge >= 0.3 is 0 Å². The number of ether oxygens (including phenoxy) is 1. The number of aromatic nitrogens is 1. The zero-order valence-corrected chi connectivity index (χ0v) is 14.7. The molecule has 1 saturated heterocycles. The number of morpholine rings is 1. The van der Waals surface area contributed by atoms with Gasteiger partial charge in [0.05, 0.1) is 30.8 Å². The van der Waals surface area contributed by atoms with Crippen molar-refractivity contribution in [3.05, 3.63) is 52.9 Å². The number of nitrogens with zero attached hydrogens (tertiary/aromatic N) is 2. The van der Waals surface area contributed by atoms with E-state index in [1.54, 1.807) is 0 Å². The highest BCUT2D eigenvalue weighted by molar-refractivity contribution is 5.80. The summed E-state index contributed by atoms with van der Waals surface area (Å²) in [4.78, 5) is 14.9. The molecule has 2 aromatic rings. The molecule has 3 rings (SSSR count). The number of benzene rings is 1. The summed E-state index contributed by atoms with van der Waals surface area (Å²) in [5.41, 5.74) is 2.78. The van der Waals surface area contributed by atoms with E-state index in [1.165, 1.54) is 0 Å². The molecule has 5 heteroatoms. The number of hydrogen-bond donors (Lipinski definition) is 0. The fourth-order valence-corrected chi connectivity index (χ4v) is 3.50. The Kier molecular flexibility index (Phi) is 4.71. The van der Waals surface area contributed by atoms with Crippen molar-refractivity contribution in [2.45, 2.75) is 52.3 Å². The molecule has 24 heavy (non-hydrogen) atoms. The Hall–Kier alpha value is -2.14. The van der Waals surface area contributed by atoms with Gasteiger partial charge in [0.15, 0.2) is 0 Å². The molecule has 1 aliphatic heterocycles. The lowest BCUT2D eigenvalue weighted by Gasteiger charge is -2.44. The predicted molar refractivity (Wildman–Crippen MR) is 90.6 cm³/mol. The number of amides is 1. The maximum absolute atomic E-state index is 13.0. The van der Waals surface area contributed by atoms with E-state index in [0.717, 1.165) is 16.8 Å². The number of aryl methyl sites for hydroxylation is 2. The maximum Gasteiger partial charge on any atom is 0.227 e. The van der Waals surface area contributed by atoms with Crippen LogP contribution >= 0.6 is 0 Å². The van der Waals surface area contributed by atoms with E-state index >= 15 is 0 Å². The molecule has 1 aliphatic rings. The zero-order valence-electron chi connectivity index (χ0n) is 14.7. The van der Waals surface area contributed by atoms with Crippen LogP contribution in [0.3, 0.4) is 0 Å². The summed E-state index contributed by atoms with van der Waals surface area (Å²) < 4.78 is 11.2. The van der Waals surface area contributed by atoms with Gasteiger partial charge in [0.2, 0.25) is 5.91 Å². The molecule has 0 bridgehead atoms. The summed E-state index contributed by atoms with van der Waals surface area (Å²) in [6.45, 7) is 8.35. The van der Waals surface area contributed by atoms with Gasteiger partial charge in [-0.3, -0.25) is 4.79 Å². The summed E-state index contributed by atoms with van der Waals surface area (Å²) in [5, 5.41) is 3.94. The van der Waals surface area contributed by atoms with Crippen molar-refractivity contribution < 1.29 is 14.1 Å². The second-order valence-corrected chi connectivity index (χ2v) is 6.53. The van der Waals surface area contributed by atoms with E-state index in [4.69, 9.17) is 9.26 Å². The maximum atomic E-state index is 13.0. The van der Waals surface area contributed by atoms with Crippen LogP contribution in [-0.4, -0.2) is 34.7 Å². The summed E-state index contributed by atoms with van der Waals surface area (Å²) in [6.07, 6.45) is 0.216. The quantitative estimate of drug-likeness (QED) is 0.868. The van der Waals surface area contributed by atoms with E-state index in [-0.39, 0.29) is 24.1 Å². The summed E-state index contributed by atoms with van der Waals surface area (Å²) in [6, 6.07) is 10.1. The Morgan fingerprint density at radius 2 is 1.96 bits per heavy atom. The molecule has 1 aromatic carbocycles. The van der Waals surface area contributed by atoms with Crippen LogP contribution in [0.15, 0.2) is 34.9 Å². The second-order valence-electron chi connectivity index (χ2n) is 6.53. The van der Waals surface area contributed by atoms with Gasteiger partial charge in [-0.1, -0.05) is 35.5 Å². The van der Waals surface area contributed by atoms with Crippen molar-refractivity contribution in [2.75, 3.05) is 6.61 Å². The molecule has 0 aliphatic carbocycles. The number of carbonyl (C=O) groups excluding carboxylic acids is 1. The first-order valence-electron chi connectivity index (χ1n) is 8.38. The normalized spacial score (nSPS) is 24.2. The third-order valence-corrected chi connectivity index (χ3v) is 4.79. The van der Waals surface area contributed by atoms with Crippen molar-refractivity contribution in [2.24, 2.45) is 0 Å². The Bertz CT molecular complexity index is 691. The minimum Gasteiger partial charge on any atom is -0.369 e. The minimum absolute atomic E-state index is 0.0240. The highest BCUT2D eigenvalue weighted by atomic mass is 16.5. The van der Waals surface area contributed by atoms with Gasteiger partial charge < -0.3 is 14.2 Å². The SMILES string of the molecule is Cc1noc(C)c1CC(=O)N1[C@H](C)CO[C@H](c2ccccc2)[C@H]1C. The molecule has 1 fully saturated rings. The fraction of sp³-hybridized carbons (Fsp3) is 0.474. The topological polar surface area (TPSA) is 55.6 Å². The van der Waals surface area contributed by atoms with Crippen LogP contribution in [0.4, 0.5) is 0 Å². The summed E-state index contributed by atoms with van der Waals surface area (Å²) >= 11 is 0. The first-order valence-corrected chi connectivity index (χ1v) is 8.38. The van der Waals surface area contributed by atoms with Crippen LogP contribution in [0, 0.1) is 13.8 Å². The van der Waals surface area contributed by atoms with Crippen molar-refractivity contribution >= 4 is 5.91 Å². The monoisotopic (exact) mass is 328 g/mol. The minimum atomic E-state index is -0.101.